The predicted molar refractivity (Wildman–Crippen MR) is 151 cm³/mol. The molecule has 6 nitrogen and oxygen atoms in total. The molecule has 3 aliphatic heterocycles. The zero-order valence-electron chi connectivity index (χ0n) is 22.6. The van der Waals surface area contributed by atoms with E-state index >= 15 is 0 Å². The first-order chi connectivity index (χ1) is 20.3. The van der Waals surface area contributed by atoms with Crippen LogP contribution in [0.15, 0.2) is 77.0 Å². The van der Waals surface area contributed by atoms with Gasteiger partial charge in [0.05, 0.1) is 22.7 Å². The van der Waals surface area contributed by atoms with Crippen molar-refractivity contribution in [1.29, 1.82) is 0 Å². The van der Waals surface area contributed by atoms with Gasteiger partial charge in [-0.2, -0.15) is 26.3 Å². The molecule has 3 saturated heterocycles. The van der Waals surface area contributed by atoms with Gasteiger partial charge in [-0.15, -0.1) is 6.58 Å². The Hall–Kier alpha value is -4.19. The molecule has 7 rings (SSSR count). The number of piperidine rings is 3. The smallest absolute Gasteiger partial charge is 0.372 e. The summed E-state index contributed by atoms with van der Waals surface area (Å²) in [6, 6.07) is 9.52. The maximum Gasteiger partial charge on any atom is 0.416 e. The minimum absolute atomic E-state index is 0.000122. The number of hydrogen-bond acceptors (Lipinski definition) is 6. The monoisotopic (exact) mass is 600 g/mol. The summed E-state index contributed by atoms with van der Waals surface area (Å²) in [4.78, 5) is 32.3. The molecular weight excluding hydrogens is 574 g/mol. The normalized spacial score (nSPS) is 22.9. The van der Waals surface area contributed by atoms with Crippen molar-refractivity contribution in [1.82, 2.24) is 9.88 Å². The van der Waals surface area contributed by atoms with Gasteiger partial charge in [0, 0.05) is 29.9 Å². The lowest BCUT2D eigenvalue weighted by Gasteiger charge is -2.52. The van der Waals surface area contributed by atoms with Crippen molar-refractivity contribution < 1.29 is 26.3 Å². The lowest BCUT2D eigenvalue weighted by Crippen LogP contribution is -2.56. The van der Waals surface area contributed by atoms with Crippen molar-refractivity contribution in [2.75, 3.05) is 23.7 Å². The van der Waals surface area contributed by atoms with Gasteiger partial charge in [-0.1, -0.05) is 24.3 Å². The fourth-order valence-electron chi connectivity index (χ4n) is 6.47. The van der Waals surface area contributed by atoms with Crippen LogP contribution < -0.4 is 21.5 Å². The number of aromatic nitrogens is 1. The number of fused-ring (bicyclic) bond motifs is 4. The number of hydrogen-bond donors (Lipinski definition) is 2. The van der Waals surface area contributed by atoms with Crippen LogP contribution in [0.5, 0.6) is 0 Å². The van der Waals surface area contributed by atoms with Crippen molar-refractivity contribution in [3.05, 3.63) is 105 Å². The van der Waals surface area contributed by atoms with Crippen LogP contribution in [0.25, 0.3) is 10.9 Å². The molecule has 0 amide bonds. The summed E-state index contributed by atoms with van der Waals surface area (Å²) in [5.41, 5.74) is -4.71. The lowest BCUT2D eigenvalue weighted by molar-refractivity contribution is -0.143. The molecule has 2 bridgehead atoms. The number of nitrogens with zero attached hydrogens (tertiary/aromatic N) is 2. The van der Waals surface area contributed by atoms with Gasteiger partial charge in [0.25, 0.3) is 10.9 Å². The third-order valence-electron chi connectivity index (χ3n) is 8.62. The van der Waals surface area contributed by atoms with E-state index in [1.165, 1.54) is 0 Å². The Kier molecular flexibility index (Phi) is 7.07. The van der Waals surface area contributed by atoms with E-state index in [0.29, 0.717) is 29.5 Å². The van der Waals surface area contributed by atoms with Crippen LogP contribution in [-0.2, 0) is 12.4 Å². The highest BCUT2D eigenvalue weighted by atomic mass is 19.4. The Morgan fingerprint density at radius 1 is 0.953 bits per heavy atom. The summed E-state index contributed by atoms with van der Waals surface area (Å²) in [5, 5.41) is 6.40. The molecule has 5 atom stereocenters. The molecule has 4 heterocycles. The highest BCUT2D eigenvalue weighted by Crippen LogP contribution is 2.44. The first-order valence-corrected chi connectivity index (χ1v) is 13.7. The summed E-state index contributed by atoms with van der Waals surface area (Å²) < 4.78 is 80.7. The second kappa shape index (κ2) is 10.5. The van der Waals surface area contributed by atoms with Crippen molar-refractivity contribution in [2.45, 2.75) is 37.3 Å². The van der Waals surface area contributed by atoms with Crippen LogP contribution in [0, 0.1) is 11.8 Å². The van der Waals surface area contributed by atoms with E-state index in [4.69, 9.17) is 0 Å². The standard InChI is InChI=1S/C31H26F6N4O2/c1-2-16-15-41-10-8-17(16)11-24(41)25(22-7-9-38-23-6-4-3-5-21(22)23)40-27-26(28(42)29(27)43)39-20-13-18(30(32,33)34)12-19(14-20)31(35,36)37/h2-7,9,12-14,16-17,24-25,39-40H,1,8,10-11,15H2/t16-,17?,24?,25-/m0/s1. The SMILES string of the molecule is C=C[C@H]1CN2CCC1CC2[C@@H](Nc1c(Nc2cc(C(F)(F)F)cc(C(F)(F)F)c2)c(=O)c1=O)c1ccnc2ccccc12. The molecule has 3 aliphatic rings. The first kappa shape index (κ1) is 28.9. The second-order valence-corrected chi connectivity index (χ2v) is 11.1. The van der Waals surface area contributed by atoms with Gasteiger partial charge in [-0.25, -0.2) is 0 Å². The van der Waals surface area contributed by atoms with Gasteiger partial charge in [0.15, 0.2) is 0 Å². The van der Waals surface area contributed by atoms with Gasteiger partial charge < -0.3 is 10.6 Å². The Labute approximate surface area is 241 Å². The van der Waals surface area contributed by atoms with Gasteiger partial charge >= 0.3 is 12.4 Å². The lowest BCUT2D eigenvalue weighted by atomic mass is 9.73. The second-order valence-electron chi connectivity index (χ2n) is 11.1. The maximum atomic E-state index is 13.4. The molecule has 0 radical (unpaired) electrons. The number of halogens is 6. The Balaban J connectivity index is 1.41. The Bertz CT molecular complexity index is 1740. The van der Waals surface area contributed by atoms with Crippen LogP contribution in [0.2, 0.25) is 0 Å². The highest BCUT2D eigenvalue weighted by Gasteiger charge is 2.44. The Morgan fingerprint density at radius 3 is 2.26 bits per heavy atom. The third kappa shape index (κ3) is 5.28. The minimum Gasteiger partial charge on any atom is -0.372 e. The quantitative estimate of drug-likeness (QED) is 0.140. The van der Waals surface area contributed by atoms with E-state index in [9.17, 15) is 35.9 Å². The number of nitrogens with one attached hydrogen (secondary N) is 2. The number of para-hydroxylation sites is 1. The third-order valence-corrected chi connectivity index (χ3v) is 8.62. The molecule has 12 heteroatoms. The fraction of sp³-hybridized carbons (Fsp3) is 0.323. The Morgan fingerprint density at radius 2 is 1.63 bits per heavy atom. The zero-order valence-corrected chi connectivity index (χ0v) is 22.6. The predicted octanol–water partition coefficient (Wildman–Crippen LogP) is 6.66. The van der Waals surface area contributed by atoms with E-state index in [0.717, 1.165) is 36.9 Å². The topological polar surface area (TPSA) is 74.3 Å². The van der Waals surface area contributed by atoms with Gasteiger partial charge in [0.2, 0.25) is 0 Å². The van der Waals surface area contributed by atoms with E-state index < -0.39 is 46.1 Å². The average molecular weight is 601 g/mol. The van der Waals surface area contributed by atoms with Crippen LogP contribution in [0.3, 0.4) is 0 Å². The molecule has 2 N–H and O–H groups in total. The number of benzene rings is 2. The minimum atomic E-state index is -5.07. The number of pyridine rings is 1. The zero-order chi connectivity index (χ0) is 30.7. The molecule has 0 saturated carbocycles. The van der Waals surface area contributed by atoms with Gasteiger partial charge in [-0.3, -0.25) is 19.5 Å². The molecule has 224 valence electrons. The van der Waals surface area contributed by atoms with Crippen molar-refractivity contribution in [3.63, 3.8) is 0 Å². The fourth-order valence-corrected chi connectivity index (χ4v) is 6.47. The van der Waals surface area contributed by atoms with E-state index in [1.54, 1.807) is 6.20 Å². The largest absolute Gasteiger partial charge is 0.416 e. The van der Waals surface area contributed by atoms with Crippen molar-refractivity contribution in [2.24, 2.45) is 11.8 Å². The van der Waals surface area contributed by atoms with Gasteiger partial charge in [0.1, 0.15) is 11.4 Å². The van der Waals surface area contributed by atoms with Crippen molar-refractivity contribution in [3.8, 4) is 0 Å². The molecular formula is C31H26F6N4O2. The van der Waals surface area contributed by atoms with Crippen LogP contribution in [0.1, 0.15) is 35.6 Å². The van der Waals surface area contributed by atoms with E-state index in [2.05, 4.69) is 27.1 Å². The highest BCUT2D eigenvalue weighted by molar-refractivity contribution is 5.84. The molecule has 0 aliphatic carbocycles. The number of rotatable bonds is 7. The van der Waals surface area contributed by atoms with Crippen LogP contribution in [-0.4, -0.2) is 29.0 Å². The molecule has 0 spiro atoms. The van der Waals surface area contributed by atoms with E-state index in [-0.39, 0.29) is 23.5 Å². The van der Waals surface area contributed by atoms with Crippen LogP contribution >= 0.6 is 0 Å². The average Bonchev–Trinajstić information content (AvgIpc) is 2.99. The number of anilines is 3. The summed E-state index contributed by atoms with van der Waals surface area (Å²) in [6.07, 6.45) is -4.83. The molecule has 1 aromatic heterocycles. The summed E-state index contributed by atoms with van der Waals surface area (Å²) in [7, 11) is 0. The molecule has 3 fully saturated rings. The molecule has 43 heavy (non-hydrogen) atoms. The maximum absolute atomic E-state index is 13.4. The first-order valence-electron chi connectivity index (χ1n) is 13.7. The number of alkyl halides is 6. The molecule has 3 unspecified atom stereocenters. The van der Waals surface area contributed by atoms with Crippen molar-refractivity contribution >= 4 is 28.0 Å². The molecule has 4 aromatic rings. The van der Waals surface area contributed by atoms with E-state index in [1.807, 2.05) is 36.4 Å². The molecule has 3 aromatic carbocycles. The van der Waals surface area contributed by atoms with Crippen LogP contribution in [0.4, 0.5) is 43.4 Å². The van der Waals surface area contributed by atoms with Gasteiger partial charge in [-0.05, 0) is 67.1 Å². The summed E-state index contributed by atoms with van der Waals surface area (Å²) >= 11 is 0. The summed E-state index contributed by atoms with van der Waals surface area (Å²) in [6.45, 7) is 5.52. The summed E-state index contributed by atoms with van der Waals surface area (Å²) in [5.74, 6) is 0.646.